The fourth-order valence-corrected chi connectivity index (χ4v) is 3.10. The van der Waals surface area contributed by atoms with Crippen LogP contribution in [-0.4, -0.2) is 61.5 Å². The SMILES string of the molecule is COCC(=O)Nc1ccc(C)c(NC(=O)CC2C(=O)NCCN2C(C)C)c1. The standard InChI is InChI=1S/C19H28N4O4/c1-12(2)23-8-7-20-19(26)16(23)10-17(24)22-15-9-14(6-5-13(15)3)21-18(25)11-27-4/h5-6,9,12,16H,7-8,10-11H2,1-4H3,(H,20,26)(H,21,25)(H,22,24). The Kier molecular flexibility index (Phi) is 7.32. The van der Waals surface area contributed by atoms with Crippen LogP contribution in [0.1, 0.15) is 25.8 Å². The van der Waals surface area contributed by atoms with Gasteiger partial charge in [0.15, 0.2) is 0 Å². The monoisotopic (exact) mass is 376 g/mol. The van der Waals surface area contributed by atoms with Crippen molar-refractivity contribution in [3.05, 3.63) is 23.8 Å². The number of carbonyl (C=O) groups excluding carboxylic acids is 3. The Morgan fingerprint density at radius 2 is 2.04 bits per heavy atom. The van der Waals surface area contributed by atoms with Crippen molar-refractivity contribution in [3.63, 3.8) is 0 Å². The third-order valence-corrected chi connectivity index (χ3v) is 4.49. The molecule has 1 fully saturated rings. The van der Waals surface area contributed by atoms with E-state index in [-0.39, 0.29) is 36.8 Å². The van der Waals surface area contributed by atoms with Crippen LogP contribution in [0.2, 0.25) is 0 Å². The van der Waals surface area contributed by atoms with Crippen LogP contribution in [0.3, 0.4) is 0 Å². The summed E-state index contributed by atoms with van der Waals surface area (Å²) in [4.78, 5) is 38.5. The first-order valence-electron chi connectivity index (χ1n) is 9.04. The summed E-state index contributed by atoms with van der Waals surface area (Å²) >= 11 is 0. The van der Waals surface area contributed by atoms with Crippen LogP contribution in [0, 0.1) is 6.92 Å². The molecular weight excluding hydrogens is 348 g/mol. The molecule has 8 nitrogen and oxygen atoms in total. The summed E-state index contributed by atoms with van der Waals surface area (Å²) in [6.07, 6.45) is 0.0731. The van der Waals surface area contributed by atoms with E-state index in [0.29, 0.717) is 17.9 Å². The normalized spacial score (nSPS) is 17.5. The van der Waals surface area contributed by atoms with Crippen molar-refractivity contribution in [2.75, 3.05) is 37.4 Å². The number of piperazine rings is 1. The van der Waals surface area contributed by atoms with E-state index in [1.807, 2.05) is 31.7 Å². The number of hydrogen-bond donors (Lipinski definition) is 3. The molecule has 1 atom stereocenters. The van der Waals surface area contributed by atoms with Gasteiger partial charge in [0.1, 0.15) is 6.61 Å². The van der Waals surface area contributed by atoms with Gasteiger partial charge in [-0.25, -0.2) is 0 Å². The van der Waals surface area contributed by atoms with Crippen LogP contribution in [0.25, 0.3) is 0 Å². The average Bonchev–Trinajstić information content (AvgIpc) is 2.59. The first-order valence-corrected chi connectivity index (χ1v) is 9.04. The number of aryl methyl sites for hydroxylation is 1. The molecule has 0 aliphatic carbocycles. The fraction of sp³-hybridized carbons (Fsp3) is 0.526. The first kappa shape index (κ1) is 20.9. The molecule has 1 unspecified atom stereocenters. The van der Waals surface area contributed by atoms with Gasteiger partial charge in [-0.1, -0.05) is 6.07 Å². The summed E-state index contributed by atoms with van der Waals surface area (Å²) in [5.74, 6) is -0.640. The van der Waals surface area contributed by atoms with E-state index < -0.39 is 6.04 Å². The van der Waals surface area contributed by atoms with E-state index in [1.54, 1.807) is 12.1 Å². The smallest absolute Gasteiger partial charge is 0.250 e. The van der Waals surface area contributed by atoms with E-state index >= 15 is 0 Å². The molecule has 0 spiro atoms. The largest absolute Gasteiger partial charge is 0.375 e. The molecular formula is C19H28N4O4. The zero-order valence-electron chi connectivity index (χ0n) is 16.3. The minimum absolute atomic E-state index is 0.0442. The zero-order valence-corrected chi connectivity index (χ0v) is 16.3. The second-order valence-corrected chi connectivity index (χ2v) is 6.90. The molecule has 3 N–H and O–H groups in total. The number of benzene rings is 1. The Hall–Kier alpha value is -2.45. The Morgan fingerprint density at radius 1 is 1.30 bits per heavy atom. The highest BCUT2D eigenvalue weighted by Crippen LogP contribution is 2.21. The number of hydrogen-bond acceptors (Lipinski definition) is 5. The number of amides is 3. The highest BCUT2D eigenvalue weighted by atomic mass is 16.5. The Morgan fingerprint density at radius 3 is 2.70 bits per heavy atom. The lowest BCUT2D eigenvalue weighted by atomic mass is 10.1. The van der Waals surface area contributed by atoms with Gasteiger partial charge in [0.25, 0.3) is 0 Å². The summed E-state index contributed by atoms with van der Waals surface area (Å²) in [6, 6.07) is 4.96. The molecule has 1 aromatic carbocycles. The molecule has 0 radical (unpaired) electrons. The topological polar surface area (TPSA) is 99.8 Å². The van der Waals surface area contributed by atoms with Gasteiger partial charge in [-0.15, -0.1) is 0 Å². The van der Waals surface area contributed by atoms with Crippen molar-refractivity contribution in [1.82, 2.24) is 10.2 Å². The third kappa shape index (κ3) is 5.77. The van der Waals surface area contributed by atoms with Gasteiger partial charge >= 0.3 is 0 Å². The maximum Gasteiger partial charge on any atom is 0.250 e. The lowest BCUT2D eigenvalue weighted by Gasteiger charge is -2.37. The summed E-state index contributed by atoms with van der Waals surface area (Å²) < 4.78 is 4.79. The van der Waals surface area contributed by atoms with Crippen molar-refractivity contribution in [2.45, 2.75) is 39.3 Å². The molecule has 1 aromatic rings. The molecule has 1 aliphatic heterocycles. The van der Waals surface area contributed by atoms with Gasteiger partial charge in [0.2, 0.25) is 17.7 Å². The van der Waals surface area contributed by atoms with Gasteiger partial charge in [-0.2, -0.15) is 0 Å². The minimum atomic E-state index is -0.483. The lowest BCUT2D eigenvalue weighted by Crippen LogP contribution is -2.58. The molecule has 1 saturated heterocycles. The predicted molar refractivity (Wildman–Crippen MR) is 104 cm³/mol. The quantitative estimate of drug-likeness (QED) is 0.662. The van der Waals surface area contributed by atoms with Crippen LogP contribution >= 0.6 is 0 Å². The maximum atomic E-state index is 12.6. The molecule has 1 aliphatic rings. The summed E-state index contributed by atoms with van der Waals surface area (Å²) in [6.45, 7) is 7.17. The molecule has 3 amide bonds. The van der Waals surface area contributed by atoms with Crippen molar-refractivity contribution < 1.29 is 19.1 Å². The van der Waals surface area contributed by atoms with E-state index in [2.05, 4.69) is 16.0 Å². The number of carbonyl (C=O) groups is 3. The van der Waals surface area contributed by atoms with E-state index in [4.69, 9.17) is 4.74 Å². The van der Waals surface area contributed by atoms with Gasteiger partial charge in [0.05, 0.1) is 12.5 Å². The van der Waals surface area contributed by atoms with Crippen LogP contribution in [0.15, 0.2) is 18.2 Å². The predicted octanol–water partition coefficient (Wildman–Crippen LogP) is 1.12. The van der Waals surface area contributed by atoms with Crippen molar-refractivity contribution in [1.29, 1.82) is 0 Å². The maximum absolute atomic E-state index is 12.6. The van der Waals surface area contributed by atoms with E-state index in [1.165, 1.54) is 7.11 Å². The molecule has 2 rings (SSSR count). The summed E-state index contributed by atoms with van der Waals surface area (Å²) in [5, 5.41) is 8.38. The highest BCUT2D eigenvalue weighted by Gasteiger charge is 2.33. The number of ether oxygens (including phenoxy) is 1. The van der Waals surface area contributed by atoms with Crippen LogP contribution < -0.4 is 16.0 Å². The van der Waals surface area contributed by atoms with Gasteiger partial charge in [-0.05, 0) is 38.5 Å². The van der Waals surface area contributed by atoms with Gasteiger partial charge in [0, 0.05) is 37.6 Å². The van der Waals surface area contributed by atoms with Crippen LogP contribution in [0.5, 0.6) is 0 Å². The number of anilines is 2. The van der Waals surface area contributed by atoms with Crippen LogP contribution in [-0.2, 0) is 19.1 Å². The van der Waals surface area contributed by atoms with Crippen molar-refractivity contribution >= 4 is 29.1 Å². The van der Waals surface area contributed by atoms with E-state index in [0.717, 1.165) is 12.1 Å². The minimum Gasteiger partial charge on any atom is -0.375 e. The van der Waals surface area contributed by atoms with E-state index in [9.17, 15) is 14.4 Å². The fourth-order valence-electron chi connectivity index (χ4n) is 3.10. The van der Waals surface area contributed by atoms with Crippen LogP contribution in [0.4, 0.5) is 11.4 Å². The average molecular weight is 376 g/mol. The lowest BCUT2D eigenvalue weighted by molar-refractivity contribution is -0.133. The Balaban J connectivity index is 2.06. The highest BCUT2D eigenvalue weighted by molar-refractivity contribution is 5.97. The number of nitrogens with zero attached hydrogens (tertiary/aromatic N) is 1. The molecule has 0 saturated carbocycles. The zero-order chi connectivity index (χ0) is 20.0. The van der Waals surface area contributed by atoms with Crippen molar-refractivity contribution in [3.8, 4) is 0 Å². The Bertz CT molecular complexity index is 705. The van der Waals surface area contributed by atoms with Crippen molar-refractivity contribution in [2.24, 2.45) is 0 Å². The summed E-state index contributed by atoms with van der Waals surface area (Å²) in [5.41, 5.74) is 2.03. The molecule has 0 bridgehead atoms. The molecule has 148 valence electrons. The molecule has 27 heavy (non-hydrogen) atoms. The number of rotatable bonds is 7. The second kappa shape index (κ2) is 9.48. The first-order chi connectivity index (χ1) is 12.8. The van der Waals surface area contributed by atoms with Gasteiger partial charge in [-0.3, -0.25) is 19.3 Å². The third-order valence-electron chi connectivity index (χ3n) is 4.49. The molecule has 8 heteroatoms. The Labute approximate surface area is 159 Å². The van der Waals surface area contributed by atoms with Gasteiger partial charge < -0.3 is 20.7 Å². The number of nitrogens with one attached hydrogen (secondary N) is 3. The summed E-state index contributed by atoms with van der Waals surface area (Å²) in [7, 11) is 1.45. The number of methoxy groups -OCH3 is 1. The molecule has 1 heterocycles. The molecule has 0 aromatic heterocycles. The second-order valence-electron chi connectivity index (χ2n) is 6.90.